The lowest BCUT2D eigenvalue weighted by molar-refractivity contribution is -0.132. The van der Waals surface area contributed by atoms with Crippen molar-refractivity contribution in [3.05, 3.63) is 52.8 Å². The highest BCUT2D eigenvalue weighted by Crippen LogP contribution is 2.38. The molecular weight excluding hydrogens is 371 g/mol. The molecule has 0 bridgehead atoms. The zero-order valence-electron chi connectivity index (χ0n) is 15.3. The number of hydrogen-bond acceptors (Lipinski definition) is 3. The number of carbonyl (C=O) groups is 2. The van der Waals surface area contributed by atoms with Crippen LogP contribution in [0.5, 0.6) is 5.75 Å². The lowest BCUT2D eigenvalue weighted by Crippen LogP contribution is -2.53. The minimum Gasteiger partial charge on any atom is -0.476 e. The standard InChI is InChI=1S/C20H20ClFN2O3/c1-12-4-7-17-16(10-12)24(19(26)20(2,3)27-17)9-8-18(25)23-13-5-6-15(22)14(21)11-13/h4-7,10-11H,8-9H2,1-3H3,(H,23,25). The van der Waals surface area contributed by atoms with Gasteiger partial charge in [-0.05, 0) is 56.7 Å². The molecule has 3 rings (SSSR count). The predicted molar refractivity (Wildman–Crippen MR) is 103 cm³/mol. The average Bonchev–Trinajstić information content (AvgIpc) is 2.59. The molecule has 2 aromatic carbocycles. The molecule has 27 heavy (non-hydrogen) atoms. The van der Waals surface area contributed by atoms with E-state index in [9.17, 15) is 14.0 Å². The summed E-state index contributed by atoms with van der Waals surface area (Å²) in [5.41, 5.74) is 1.02. The van der Waals surface area contributed by atoms with Crippen molar-refractivity contribution in [3.8, 4) is 5.75 Å². The number of amides is 2. The van der Waals surface area contributed by atoms with E-state index >= 15 is 0 Å². The van der Waals surface area contributed by atoms with Crippen molar-refractivity contribution in [1.82, 2.24) is 0 Å². The van der Waals surface area contributed by atoms with Crippen molar-refractivity contribution in [1.29, 1.82) is 0 Å². The van der Waals surface area contributed by atoms with Crippen LogP contribution in [0, 0.1) is 12.7 Å². The second kappa shape index (κ2) is 7.19. The summed E-state index contributed by atoms with van der Waals surface area (Å²) >= 11 is 5.72. The summed E-state index contributed by atoms with van der Waals surface area (Å²) in [5, 5.41) is 2.59. The van der Waals surface area contributed by atoms with Gasteiger partial charge in [0.05, 0.1) is 10.7 Å². The number of anilines is 2. The van der Waals surface area contributed by atoms with Crippen LogP contribution in [0.15, 0.2) is 36.4 Å². The second-order valence-electron chi connectivity index (χ2n) is 6.97. The van der Waals surface area contributed by atoms with Gasteiger partial charge in [0.15, 0.2) is 5.60 Å². The summed E-state index contributed by atoms with van der Waals surface area (Å²) in [5.74, 6) is -0.457. The largest absolute Gasteiger partial charge is 0.476 e. The number of fused-ring (bicyclic) bond motifs is 1. The number of aryl methyl sites for hydroxylation is 1. The Morgan fingerprint density at radius 2 is 2.00 bits per heavy atom. The lowest BCUT2D eigenvalue weighted by Gasteiger charge is -2.38. The van der Waals surface area contributed by atoms with Gasteiger partial charge in [-0.3, -0.25) is 9.59 Å². The molecule has 1 heterocycles. The van der Waals surface area contributed by atoms with Gasteiger partial charge in [-0.15, -0.1) is 0 Å². The second-order valence-corrected chi connectivity index (χ2v) is 7.37. The molecule has 1 aliphatic rings. The highest BCUT2D eigenvalue weighted by molar-refractivity contribution is 6.31. The minimum absolute atomic E-state index is 0.0673. The third kappa shape index (κ3) is 4.06. The van der Waals surface area contributed by atoms with Gasteiger partial charge in [-0.2, -0.15) is 0 Å². The van der Waals surface area contributed by atoms with Crippen molar-refractivity contribution in [2.45, 2.75) is 32.8 Å². The highest BCUT2D eigenvalue weighted by atomic mass is 35.5. The normalized spacial score (nSPS) is 15.1. The van der Waals surface area contributed by atoms with Crippen LogP contribution in [0.2, 0.25) is 5.02 Å². The van der Waals surface area contributed by atoms with Crippen LogP contribution in [0.1, 0.15) is 25.8 Å². The van der Waals surface area contributed by atoms with Crippen LogP contribution in [-0.2, 0) is 9.59 Å². The van der Waals surface area contributed by atoms with Crippen LogP contribution in [-0.4, -0.2) is 24.0 Å². The first-order chi connectivity index (χ1) is 12.7. The van der Waals surface area contributed by atoms with Crippen LogP contribution in [0.25, 0.3) is 0 Å². The van der Waals surface area contributed by atoms with E-state index in [-0.39, 0.29) is 29.8 Å². The van der Waals surface area contributed by atoms with Gasteiger partial charge in [-0.25, -0.2) is 4.39 Å². The van der Waals surface area contributed by atoms with E-state index in [1.807, 2.05) is 25.1 Å². The quantitative estimate of drug-likeness (QED) is 0.845. The fourth-order valence-corrected chi connectivity index (χ4v) is 3.09. The van der Waals surface area contributed by atoms with Crippen LogP contribution < -0.4 is 15.0 Å². The smallest absolute Gasteiger partial charge is 0.270 e. The minimum atomic E-state index is -1.01. The molecule has 142 valence electrons. The molecular formula is C20H20ClFN2O3. The summed E-state index contributed by atoms with van der Waals surface area (Å²) in [6.45, 7) is 5.52. The molecule has 0 aliphatic carbocycles. The first-order valence-corrected chi connectivity index (χ1v) is 8.92. The summed E-state index contributed by atoms with van der Waals surface area (Å²) in [6, 6.07) is 9.56. The van der Waals surface area contributed by atoms with Crippen molar-refractivity contribution in [2.75, 3.05) is 16.8 Å². The Labute approximate surface area is 162 Å². The van der Waals surface area contributed by atoms with E-state index in [4.69, 9.17) is 16.3 Å². The third-order valence-corrected chi connectivity index (χ3v) is 4.59. The maximum atomic E-state index is 13.2. The van der Waals surface area contributed by atoms with E-state index in [0.29, 0.717) is 17.1 Å². The molecule has 0 radical (unpaired) electrons. The van der Waals surface area contributed by atoms with Crippen LogP contribution in [0.4, 0.5) is 15.8 Å². The molecule has 0 saturated heterocycles. The number of halogens is 2. The summed E-state index contributed by atoms with van der Waals surface area (Å²) in [6.07, 6.45) is 0.0736. The topological polar surface area (TPSA) is 58.6 Å². The SMILES string of the molecule is Cc1ccc2c(c1)N(CCC(=O)Nc1ccc(F)c(Cl)c1)C(=O)C(C)(C)O2. The Morgan fingerprint density at radius 3 is 2.70 bits per heavy atom. The fourth-order valence-electron chi connectivity index (χ4n) is 2.91. The Kier molecular flexibility index (Phi) is 5.11. The summed E-state index contributed by atoms with van der Waals surface area (Å²) in [4.78, 5) is 26.6. The zero-order chi connectivity index (χ0) is 19.8. The summed E-state index contributed by atoms with van der Waals surface area (Å²) in [7, 11) is 0. The van der Waals surface area contributed by atoms with Gasteiger partial charge in [0.25, 0.3) is 5.91 Å². The van der Waals surface area contributed by atoms with Crippen molar-refractivity contribution < 1.29 is 18.7 Å². The zero-order valence-corrected chi connectivity index (χ0v) is 16.1. The average molecular weight is 391 g/mol. The van der Waals surface area contributed by atoms with Gasteiger partial charge >= 0.3 is 0 Å². The van der Waals surface area contributed by atoms with Crippen molar-refractivity contribution in [3.63, 3.8) is 0 Å². The molecule has 0 fully saturated rings. The molecule has 0 atom stereocenters. The number of nitrogens with one attached hydrogen (secondary N) is 1. The molecule has 2 aromatic rings. The van der Waals surface area contributed by atoms with Gasteiger partial charge in [-0.1, -0.05) is 17.7 Å². The van der Waals surface area contributed by atoms with Gasteiger partial charge in [0, 0.05) is 18.7 Å². The molecule has 1 N–H and O–H groups in total. The Balaban J connectivity index is 1.74. The number of nitrogens with zero attached hydrogens (tertiary/aromatic N) is 1. The number of hydrogen-bond donors (Lipinski definition) is 1. The number of rotatable bonds is 4. The number of carbonyl (C=O) groups excluding carboxylic acids is 2. The van der Waals surface area contributed by atoms with E-state index in [2.05, 4.69) is 5.32 Å². The van der Waals surface area contributed by atoms with Crippen molar-refractivity contribution >= 4 is 34.8 Å². The van der Waals surface area contributed by atoms with Gasteiger partial charge < -0.3 is 15.0 Å². The molecule has 1 aliphatic heterocycles. The van der Waals surface area contributed by atoms with E-state index < -0.39 is 11.4 Å². The van der Waals surface area contributed by atoms with E-state index in [1.54, 1.807) is 18.7 Å². The predicted octanol–water partition coefficient (Wildman–Crippen LogP) is 4.32. The fraction of sp³-hybridized carbons (Fsp3) is 0.300. The molecule has 0 unspecified atom stereocenters. The molecule has 7 heteroatoms. The Morgan fingerprint density at radius 1 is 1.26 bits per heavy atom. The van der Waals surface area contributed by atoms with Gasteiger partial charge in [0.1, 0.15) is 11.6 Å². The first kappa shape index (κ1) is 19.2. The van der Waals surface area contributed by atoms with E-state index in [1.165, 1.54) is 18.2 Å². The van der Waals surface area contributed by atoms with Crippen LogP contribution >= 0.6 is 11.6 Å². The molecule has 0 aromatic heterocycles. The molecule has 2 amide bonds. The van der Waals surface area contributed by atoms with Crippen LogP contribution in [0.3, 0.4) is 0 Å². The van der Waals surface area contributed by atoms with E-state index in [0.717, 1.165) is 5.56 Å². The maximum Gasteiger partial charge on any atom is 0.270 e. The maximum absolute atomic E-state index is 13.2. The lowest BCUT2D eigenvalue weighted by atomic mass is 10.0. The first-order valence-electron chi connectivity index (χ1n) is 8.54. The number of ether oxygens (including phenoxy) is 1. The van der Waals surface area contributed by atoms with Gasteiger partial charge in [0.2, 0.25) is 5.91 Å². The highest BCUT2D eigenvalue weighted by Gasteiger charge is 2.40. The van der Waals surface area contributed by atoms with Crippen molar-refractivity contribution in [2.24, 2.45) is 0 Å². The monoisotopic (exact) mass is 390 g/mol. The third-order valence-electron chi connectivity index (χ3n) is 4.30. The Hall–Kier alpha value is -2.60. The molecule has 0 spiro atoms. The molecule has 5 nitrogen and oxygen atoms in total. The Bertz CT molecular complexity index is 914. The summed E-state index contributed by atoms with van der Waals surface area (Å²) < 4.78 is 19.0. The molecule has 0 saturated carbocycles. The number of benzene rings is 2.